The van der Waals surface area contributed by atoms with Crippen molar-refractivity contribution in [3.05, 3.63) is 77.0 Å². The number of hydrogen-bond acceptors (Lipinski definition) is 1. The lowest BCUT2D eigenvalue weighted by molar-refractivity contribution is 0.244. The Morgan fingerprint density at radius 2 is 1.68 bits per heavy atom. The van der Waals surface area contributed by atoms with E-state index >= 15 is 0 Å². The molecular weight excluding hydrogens is 272 g/mol. The van der Waals surface area contributed by atoms with Crippen molar-refractivity contribution < 1.29 is 4.79 Å². The van der Waals surface area contributed by atoms with E-state index in [9.17, 15) is 4.79 Å². The Labute approximate surface area is 132 Å². The molecular formula is C19H22N2O. The monoisotopic (exact) mass is 294 g/mol. The van der Waals surface area contributed by atoms with E-state index in [0.717, 1.165) is 12.0 Å². The van der Waals surface area contributed by atoms with Crippen LogP contribution in [0, 0.1) is 13.8 Å². The Morgan fingerprint density at radius 1 is 1.00 bits per heavy atom. The number of urea groups is 1. The van der Waals surface area contributed by atoms with Crippen molar-refractivity contribution >= 4 is 12.1 Å². The first-order chi connectivity index (χ1) is 10.7. The highest BCUT2D eigenvalue weighted by atomic mass is 16.2. The molecule has 2 rings (SSSR count). The quantitative estimate of drug-likeness (QED) is 0.865. The maximum atomic E-state index is 11.7. The minimum Gasteiger partial charge on any atom is -0.338 e. The average Bonchev–Trinajstić information content (AvgIpc) is 2.51. The van der Waals surface area contributed by atoms with E-state index in [1.54, 1.807) is 6.20 Å². The van der Waals surface area contributed by atoms with Crippen LogP contribution in [0.1, 0.15) is 22.3 Å². The van der Waals surface area contributed by atoms with Crippen molar-refractivity contribution in [2.45, 2.75) is 20.3 Å². The van der Waals surface area contributed by atoms with Gasteiger partial charge in [0.25, 0.3) is 0 Å². The van der Waals surface area contributed by atoms with E-state index in [4.69, 9.17) is 0 Å². The number of hydrogen-bond donors (Lipinski definition) is 2. The third-order valence-electron chi connectivity index (χ3n) is 3.61. The first-order valence-electron chi connectivity index (χ1n) is 7.48. The van der Waals surface area contributed by atoms with Crippen molar-refractivity contribution in [3.63, 3.8) is 0 Å². The summed E-state index contributed by atoms with van der Waals surface area (Å²) in [6.07, 6.45) is 4.41. The number of carbonyl (C=O) groups is 1. The maximum absolute atomic E-state index is 11.7. The number of nitrogens with one attached hydrogen (secondary N) is 2. The Hall–Kier alpha value is -2.55. The van der Waals surface area contributed by atoms with Gasteiger partial charge in [-0.1, -0.05) is 48.5 Å². The van der Waals surface area contributed by atoms with E-state index < -0.39 is 0 Å². The van der Waals surface area contributed by atoms with Gasteiger partial charge in [-0.05, 0) is 48.6 Å². The predicted octanol–water partition coefficient (Wildman–Crippen LogP) is 3.82. The molecule has 0 aromatic heterocycles. The van der Waals surface area contributed by atoms with Gasteiger partial charge in [-0.15, -0.1) is 0 Å². The summed E-state index contributed by atoms with van der Waals surface area (Å²) in [5.41, 5.74) is 4.80. The molecule has 0 saturated carbocycles. The van der Waals surface area contributed by atoms with E-state index in [-0.39, 0.29) is 6.03 Å². The molecule has 0 saturated heterocycles. The van der Waals surface area contributed by atoms with E-state index in [1.165, 1.54) is 16.7 Å². The molecule has 0 aliphatic heterocycles. The Bertz CT molecular complexity index is 662. The predicted molar refractivity (Wildman–Crippen MR) is 91.6 cm³/mol. The van der Waals surface area contributed by atoms with Crippen molar-refractivity contribution in [2.24, 2.45) is 0 Å². The number of carbonyl (C=O) groups excluding carboxylic acids is 1. The van der Waals surface area contributed by atoms with Crippen LogP contribution in [0.25, 0.3) is 6.08 Å². The molecule has 3 heteroatoms. The van der Waals surface area contributed by atoms with Gasteiger partial charge >= 0.3 is 6.03 Å². The molecule has 0 fully saturated rings. The van der Waals surface area contributed by atoms with Gasteiger partial charge < -0.3 is 10.6 Å². The van der Waals surface area contributed by atoms with E-state index in [2.05, 4.69) is 29.7 Å². The average molecular weight is 294 g/mol. The Kier molecular flexibility index (Phi) is 5.78. The standard InChI is InChI=1S/C19H22N2O/c1-15-7-3-5-9-17(15)11-13-20-19(22)21-14-12-18-10-6-4-8-16(18)2/h3-11,13H,12,14H2,1-2H3,(H2,20,21,22)/b13-11+. The highest BCUT2D eigenvalue weighted by Crippen LogP contribution is 2.08. The second-order valence-corrected chi connectivity index (χ2v) is 5.27. The molecule has 0 spiro atoms. The zero-order valence-corrected chi connectivity index (χ0v) is 13.1. The molecule has 0 radical (unpaired) electrons. The first-order valence-corrected chi connectivity index (χ1v) is 7.48. The fourth-order valence-electron chi connectivity index (χ4n) is 2.23. The molecule has 22 heavy (non-hydrogen) atoms. The van der Waals surface area contributed by atoms with E-state index in [1.807, 2.05) is 49.4 Å². The van der Waals surface area contributed by atoms with E-state index in [0.29, 0.717) is 6.54 Å². The number of aryl methyl sites for hydroxylation is 2. The van der Waals surface area contributed by atoms with Crippen molar-refractivity contribution in [3.8, 4) is 0 Å². The van der Waals surface area contributed by atoms with Crippen LogP contribution in [0.4, 0.5) is 4.79 Å². The normalized spacial score (nSPS) is 10.6. The Balaban J connectivity index is 1.75. The van der Waals surface area contributed by atoms with Gasteiger partial charge in [-0.25, -0.2) is 4.79 Å². The lowest BCUT2D eigenvalue weighted by atomic mass is 10.1. The van der Waals surface area contributed by atoms with Gasteiger partial charge in [0.05, 0.1) is 0 Å². The number of benzene rings is 2. The second kappa shape index (κ2) is 8.03. The molecule has 0 unspecified atom stereocenters. The molecule has 0 bridgehead atoms. The zero-order valence-electron chi connectivity index (χ0n) is 13.1. The van der Waals surface area contributed by atoms with Crippen molar-refractivity contribution in [1.29, 1.82) is 0 Å². The lowest BCUT2D eigenvalue weighted by Crippen LogP contribution is -2.33. The largest absolute Gasteiger partial charge is 0.338 e. The van der Waals surface area contributed by atoms with Gasteiger partial charge in [0, 0.05) is 12.7 Å². The third-order valence-corrected chi connectivity index (χ3v) is 3.61. The van der Waals surface area contributed by atoms with Gasteiger partial charge in [-0.3, -0.25) is 0 Å². The molecule has 0 atom stereocenters. The van der Waals surface area contributed by atoms with Crippen molar-refractivity contribution in [2.75, 3.05) is 6.54 Å². The Morgan fingerprint density at radius 3 is 2.41 bits per heavy atom. The summed E-state index contributed by atoms with van der Waals surface area (Å²) in [4.78, 5) is 11.7. The van der Waals surface area contributed by atoms with Gasteiger partial charge in [0.1, 0.15) is 0 Å². The molecule has 2 amide bonds. The summed E-state index contributed by atoms with van der Waals surface area (Å²) in [6, 6.07) is 16.1. The van der Waals surface area contributed by atoms with Crippen LogP contribution in [0.2, 0.25) is 0 Å². The lowest BCUT2D eigenvalue weighted by Gasteiger charge is -2.07. The maximum Gasteiger partial charge on any atom is 0.318 e. The highest BCUT2D eigenvalue weighted by Gasteiger charge is 1.99. The molecule has 0 heterocycles. The summed E-state index contributed by atoms with van der Waals surface area (Å²) in [7, 11) is 0. The molecule has 114 valence electrons. The summed E-state index contributed by atoms with van der Waals surface area (Å²) < 4.78 is 0. The SMILES string of the molecule is Cc1ccccc1/C=C/NC(=O)NCCc1ccccc1C. The minimum atomic E-state index is -0.182. The second-order valence-electron chi connectivity index (χ2n) is 5.27. The smallest absolute Gasteiger partial charge is 0.318 e. The van der Waals surface area contributed by atoms with Gasteiger partial charge in [-0.2, -0.15) is 0 Å². The minimum absolute atomic E-state index is 0.182. The summed E-state index contributed by atoms with van der Waals surface area (Å²) in [5, 5.41) is 5.59. The molecule has 2 N–H and O–H groups in total. The van der Waals surface area contributed by atoms with Crippen LogP contribution in [-0.2, 0) is 6.42 Å². The van der Waals surface area contributed by atoms with Crippen LogP contribution < -0.4 is 10.6 Å². The first kappa shape index (κ1) is 15.8. The fraction of sp³-hybridized carbons (Fsp3) is 0.211. The molecule has 0 aliphatic rings. The fourth-order valence-corrected chi connectivity index (χ4v) is 2.23. The van der Waals surface area contributed by atoms with Crippen LogP contribution in [-0.4, -0.2) is 12.6 Å². The topological polar surface area (TPSA) is 41.1 Å². The van der Waals surface area contributed by atoms with Crippen molar-refractivity contribution in [1.82, 2.24) is 10.6 Å². The molecule has 3 nitrogen and oxygen atoms in total. The number of rotatable bonds is 5. The molecule has 0 aliphatic carbocycles. The summed E-state index contributed by atoms with van der Waals surface area (Å²) in [5.74, 6) is 0. The highest BCUT2D eigenvalue weighted by molar-refractivity contribution is 5.76. The number of amides is 2. The van der Waals surface area contributed by atoms with Crippen LogP contribution in [0.3, 0.4) is 0 Å². The van der Waals surface area contributed by atoms with Gasteiger partial charge in [0.15, 0.2) is 0 Å². The van der Waals surface area contributed by atoms with Crippen LogP contribution >= 0.6 is 0 Å². The summed E-state index contributed by atoms with van der Waals surface area (Å²) in [6.45, 7) is 4.75. The molecule has 2 aromatic carbocycles. The van der Waals surface area contributed by atoms with Gasteiger partial charge in [0.2, 0.25) is 0 Å². The third kappa shape index (κ3) is 4.77. The molecule has 2 aromatic rings. The zero-order chi connectivity index (χ0) is 15.8. The summed E-state index contributed by atoms with van der Waals surface area (Å²) >= 11 is 0. The van der Waals surface area contributed by atoms with Crippen LogP contribution in [0.5, 0.6) is 0 Å². The van der Waals surface area contributed by atoms with Crippen LogP contribution in [0.15, 0.2) is 54.7 Å².